The molecule has 0 radical (unpaired) electrons. The summed E-state index contributed by atoms with van der Waals surface area (Å²) in [6, 6.07) is 0. The predicted molar refractivity (Wildman–Crippen MR) is 288 cm³/mol. The third-order valence-electron chi connectivity index (χ3n) is 11.3. The van der Waals surface area contributed by atoms with Gasteiger partial charge in [-0.3, -0.25) is 23.4 Å². The maximum absolute atomic E-state index is 12.9. The lowest BCUT2D eigenvalue weighted by Crippen LogP contribution is -2.30. The number of phosphoric ester groups is 1. The van der Waals surface area contributed by atoms with Crippen molar-refractivity contribution in [2.45, 2.75) is 238 Å². The van der Waals surface area contributed by atoms with E-state index in [0.29, 0.717) is 19.3 Å². The molecule has 0 aliphatic rings. The molecule has 0 amide bonds. The summed E-state index contributed by atoms with van der Waals surface area (Å²) in [6.07, 6.45) is 58.3. The Morgan fingerprint density at radius 2 is 0.771 bits per heavy atom. The van der Waals surface area contributed by atoms with Crippen molar-refractivity contribution >= 4 is 25.7 Å². The highest BCUT2D eigenvalue weighted by molar-refractivity contribution is 7.47. The number of allylic oxidation sites excluding steroid dienone is 14. The fourth-order valence-corrected chi connectivity index (χ4v) is 7.87. The van der Waals surface area contributed by atoms with Gasteiger partial charge >= 0.3 is 25.7 Å². The number of rotatable bonds is 50. The number of carbonyl (C=O) groups is 3. The Labute approximate surface area is 426 Å². The van der Waals surface area contributed by atoms with Crippen LogP contribution in [-0.4, -0.2) is 66.5 Å². The largest absolute Gasteiger partial charge is 0.472 e. The summed E-state index contributed by atoms with van der Waals surface area (Å²) >= 11 is 0. The number of hydrogen-bond acceptors (Lipinski definition) is 10. The van der Waals surface area contributed by atoms with Crippen molar-refractivity contribution in [2.75, 3.05) is 26.4 Å². The van der Waals surface area contributed by atoms with Crippen molar-refractivity contribution in [1.82, 2.24) is 0 Å². The first-order valence-corrected chi connectivity index (χ1v) is 29.0. The fourth-order valence-electron chi connectivity index (χ4n) is 7.08. The second-order valence-corrected chi connectivity index (χ2v) is 19.5. The van der Waals surface area contributed by atoms with Crippen LogP contribution >= 0.6 is 7.82 Å². The quantitative estimate of drug-likeness (QED) is 0.0197. The number of unbranched alkanes of at least 4 members (excludes halogenated alkanes) is 19. The van der Waals surface area contributed by atoms with Gasteiger partial charge in [-0.25, -0.2) is 4.57 Å². The molecular weight excluding hydrogens is 904 g/mol. The molecule has 0 fully saturated rings. The molecule has 12 heteroatoms. The number of carbonyl (C=O) groups excluding carboxylic acids is 3. The molecular formula is C58H99O11P. The molecule has 0 heterocycles. The molecule has 0 aliphatic carbocycles. The average Bonchev–Trinajstić information content (AvgIpc) is 3.35. The number of esters is 3. The van der Waals surface area contributed by atoms with Gasteiger partial charge in [-0.15, -0.1) is 0 Å². The molecule has 0 rings (SSSR count). The van der Waals surface area contributed by atoms with Crippen molar-refractivity contribution in [3.8, 4) is 0 Å². The van der Waals surface area contributed by atoms with E-state index in [2.05, 4.69) is 106 Å². The Kier molecular flexibility index (Phi) is 49.5. The molecule has 3 unspecified atom stereocenters. The van der Waals surface area contributed by atoms with Gasteiger partial charge in [0.15, 0.2) is 6.10 Å². The van der Waals surface area contributed by atoms with Gasteiger partial charge in [0.1, 0.15) is 12.7 Å². The normalized spacial score (nSPS) is 14.1. The molecule has 0 spiro atoms. The third-order valence-corrected chi connectivity index (χ3v) is 12.2. The van der Waals surface area contributed by atoms with Crippen LogP contribution in [0.4, 0.5) is 0 Å². The standard InChI is InChI=1S/C58H99O11P/c1-4-7-10-13-16-19-22-25-27-30-33-36-39-42-45-48-57(61)68-54(50-59)52-66-70(63,64)67-53-55(51-65-56(60)47-44-41-38-35-32-29-24-21-18-15-12-9-6-3)69-58(62)49-46-43-40-37-34-31-28-26-23-20-17-14-11-8-5-2/h8,11-12,15-17,19-21,24-28,54-55,59H,4-7,9-10,13-14,18,22-23,29-53H2,1-3H3,(H,63,64)/b11-8-,15-12-,19-16-,20-17-,24-21-,27-25-,28-26-. The van der Waals surface area contributed by atoms with Crippen molar-refractivity contribution in [2.24, 2.45) is 0 Å². The molecule has 70 heavy (non-hydrogen) atoms. The van der Waals surface area contributed by atoms with Crippen LogP contribution in [0.5, 0.6) is 0 Å². The zero-order valence-electron chi connectivity index (χ0n) is 44.2. The summed E-state index contributed by atoms with van der Waals surface area (Å²) in [5, 5.41) is 9.80. The highest BCUT2D eigenvalue weighted by atomic mass is 31.2. The summed E-state index contributed by atoms with van der Waals surface area (Å²) in [4.78, 5) is 48.4. The molecule has 2 N–H and O–H groups in total. The summed E-state index contributed by atoms with van der Waals surface area (Å²) in [5.41, 5.74) is 0. The molecule has 0 aromatic carbocycles. The van der Waals surface area contributed by atoms with E-state index in [4.69, 9.17) is 23.3 Å². The monoisotopic (exact) mass is 1000 g/mol. The highest BCUT2D eigenvalue weighted by Gasteiger charge is 2.28. The minimum Gasteiger partial charge on any atom is -0.462 e. The van der Waals surface area contributed by atoms with E-state index in [1.54, 1.807) is 0 Å². The van der Waals surface area contributed by atoms with Crippen LogP contribution in [-0.2, 0) is 42.2 Å². The first-order valence-electron chi connectivity index (χ1n) is 27.5. The number of ether oxygens (including phenoxy) is 3. The van der Waals surface area contributed by atoms with E-state index in [1.807, 2.05) is 0 Å². The van der Waals surface area contributed by atoms with E-state index >= 15 is 0 Å². The van der Waals surface area contributed by atoms with E-state index < -0.39 is 57.8 Å². The lowest BCUT2D eigenvalue weighted by molar-refractivity contribution is -0.161. The Bertz CT molecular complexity index is 1500. The van der Waals surface area contributed by atoms with Crippen LogP contribution in [0.15, 0.2) is 85.1 Å². The van der Waals surface area contributed by atoms with Gasteiger partial charge in [0.2, 0.25) is 0 Å². The molecule has 3 atom stereocenters. The van der Waals surface area contributed by atoms with Gasteiger partial charge in [0.05, 0.1) is 19.8 Å². The van der Waals surface area contributed by atoms with Gasteiger partial charge < -0.3 is 24.2 Å². The second kappa shape index (κ2) is 52.0. The van der Waals surface area contributed by atoms with Gasteiger partial charge in [-0.1, -0.05) is 183 Å². The zero-order valence-corrected chi connectivity index (χ0v) is 45.1. The van der Waals surface area contributed by atoms with Gasteiger partial charge in [-0.05, 0) is 109 Å². The minimum absolute atomic E-state index is 0.141. The Balaban J connectivity index is 4.78. The molecule has 0 aromatic rings. The summed E-state index contributed by atoms with van der Waals surface area (Å²) in [6.45, 7) is 4.38. The van der Waals surface area contributed by atoms with Crippen LogP contribution < -0.4 is 0 Å². The third kappa shape index (κ3) is 49.6. The Morgan fingerprint density at radius 1 is 0.414 bits per heavy atom. The molecule has 0 saturated carbocycles. The first-order chi connectivity index (χ1) is 34.2. The topological polar surface area (TPSA) is 155 Å². The smallest absolute Gasteiger partial charge is 0.462 e. The summed E-state index contributed by atoms with van der Waals surface area (Å²) in [5.74, 6) is -1.52. The Morgan fingerprint density at radius 3 is 1.20 bits per heavy atom. The summed E-state index contributed by atoms with van der Waals surface area (Å²) in [7, 11) is -4.76. The van der Waals surface area contributed by atoms with E-state index in [9.17, 15) is 28.9 Å². The van der Waals surface area contributed by atoms with Gasteiger partial charge in [0.25, 0.3) is 0 Å². The second-order valence-electron chi connectivity index (χ2n) is 18.0. The van der Waals surface area contributed by atoms with E-state index in [0.717, 1.165) is 141 Å². The molecule has 0 saturated heterocycles. The predicted octanol–water partition coefficient (Wildman–Crippen LogP) is 15.9. The van der Waals surface area contributed by atoms with Crippen molar-refractivity contribution in [3.05, 3.63) is 85.1 Å². The molecule has 11 nitrogen and oxygen atoms in total. The van der Waals surface area contributed by atoms with Crippen LogP contribution in [0.3, 0.4) is 0 Å². The minimum atomic E-state index is -4.76. The van der Waals surface area contributed by atoms with Crippen LogP contribution in [0.1, 0.15) is 226 Å². The number of aliphatic hydroxyl groups is 1. The van der Waals surface area contributed by atoms with Gasteiger partial charge in [0, 0.05) is 19.3 Å². The van der Waals surface area contributed by atoms with Crippen molar-refractivity contribution in [3.63, 3.8) is 0 Å². The maximum Gasteiger partial charge on any atom is 0.472 e. The maximum atomic E-state index is 12.9. The SMILES string of the molecule is CC/C=C\C/C=C\C/C=C\CCCCCCCC(=O)OC(COC(=O)CCCCCCC/C=C\C/C=C\CCC)COP(=O)(O)OCC(CO)OC(=O)CCCCCCC/C=C\C/C=C\CCCCC. The Hall–Kier alpha value is -3.34. The lowest BCUT2D eigenvalue weighted by atomic mass is 10.1. The van der Waals surface area contributed by atoms with Crippen LogP contribution in [0, 0.1) is 0 Å². The molecule has 0 bridgehead atoms. The number of phosphoric acid groups is 1. The van der Waals surface area contributed by atoms with Crippen molar-refractivity contribution < 1.29 is 52.2 Å². The summed E-state index contributed by atoms with van der Waals surface area (Å²) < 4.78 is 39.4. The lowest BCUT2D eigenvalue weighted by Gasteiger charge is -2.21. The highest BCUT2D eigenvalue weighted by Crippen LogP contribution is 2.43. The fraction of sp³-hybridized carbons (Fsp3) is 0.707. The molecule has 402 valence electrons. The first kappa shape index (κ1) is 66.7. The van der Waals surface area contributed by atoms with Crippen LogP contribution in [0.2, 0.25) is 0 Å². The van der Waals surface area contributed by atoms with E-state index in [-0.39, 0.29) is 25.9 Å². The van der Waals surface area contributed by atoms with E-state index in [1.165, 1.54) is 25.7 Å². The van der Waals surface area contributed by atoms with Gasteiger partial charge in [-0.2, -0.15) is 0 Å². The molecule has 0 aromatic heterocycles. The average molecular weight is 1000 g/mol. The zero-order chi connectivity index (χ0) is 51.3. The van der Waals surface area contributed by atoms with Crippen LogP contribution in [0.25, 0.3) is 0 Å². The van der Waals surface area contributed by atoms with Crippen molar-refractivity contribution in [1.29, 1.82) is 0 Å². The molecule has 0 aliphatic heterocycles. The number of aliphatic hydroxyl groups excluding tert-OH is 1. The number of hydrogen-bond donors (Lipinski definition) is 2.